The third kappa shape index (κ3) is 2.34. The van der Waals surface area contributed by atoms with Crippen LogP contribution in [-0.4, -0.2) is 16.2 Å². The number of nitrogens with one attached hydrogen (secondary N) is 1. The second kappa shape index (κ2) is 4.59. The molecule has 2 heterocycles. The van der Waals surface area contributed by atoms with Crippen molar-refractivity contribution in [1.29, 1.82) is 0 Å². The zero-order valence-corrected chi connectivity index (χ0v) is 13.1. The molecular weight excluding hydrogens is 345 g/mol. The van der Waals surface area contributed by atoms with E-state index in [1.165, 1.54) is 0 Å². The fourth-order valence-electron chi connectivity index (χ4n) is 1.73. The summed E-state index contributed by atoms with van der Waals surface area (Å²) < 4.78 is 13.0. The van der Waals surface area contributed by atoms with Crippen molar-refractivity contribution in [2.45, 2.75) is 45.2 Å². The largest absolute Gasteiger partial charge is 0.339 e. The van der Waals surface area contributed by atoms with Gasteiger partial charge in [-0.15, -0.1) is 0 Å². The number of ether oxygens (including phenoxy) is 2. The Bertz CT molecular complexity index is 447. The van der Waals surface area contributed by atoms with Gasteiger partial charge in [0, 0.05) is 9.77 Å². The predicted molar refractivity (Wildman–Crippen MR) is 77.8 cm³/mol. The van der Waals surface area contributed by atoms with Gasteiger partial charge in [-0.1, -0.05) is 0 Å². The zero-order chi connectivity index (χ0) is 13.6. The van der Waals surface area contributed by atoms with Gasteiger partial charge in [-0.3, -0.25) is 0 Å². The first-order valence-corrected chi connectivity index (χ1v) is 6.82. The molecular formula is C12H18IN3O2. The highest BCUT2D eigenvalue weighted by molar-refractivity contribution is 14.1. The third-order valence-corrected chi connectivity index (χ3v) is 4.12. The van der Waals surface area contributed by atoms with Gasteiger partial charge in [-0.05, 0) is 56.4 Å². The van der Waals surface area contributed by atoms with Crippen molar-refractivity contribution in [2.24, 2.45) is 5.84 Å². The maximum absolute atomic E-state index is 5.99. The van der Waals surface area contributed by atoms with E-state index in [2.05, 4.69) is 33.0 Å². The van der Waals surface area contributed by atoms with Crippen LogP contribution in [-0.2, 0) is 9.47 Å². The number of pyridine rings is 1. The average Bonchev–Trinajstić information content (AvgIpc) is 2.48. The van der Waals surface area contributed by atoms with Crippen LogP contribution in [0.4, 0.5) is 5.82 Å². The number of hydrazine groups is 1. The van der Waals surface area contributed by atoms with Crippen LogP contribution in [0.2, 0.25) is 0 Å². The Labute approximate surface area is 121 Å². The van der Waals surface area contributed by atoms with Gasteiger partial charge in [0.05, 0.1) is 16.8 Å². The molecule has 3 N–H and O–H groups in total. The van der Waals surface area contributed by atoms with Gasteiger partial charge in [-0.2, -0.15) is 0 Å². The van der Waals surface area contributed by atoms with E-state index < -0.39 is 6.29 Å². The van der Waals surface area contributed by atoms with Crippen LogP contribution in [0.1, 0.15) is 39.5 Å². The van der Waals surface area contributed by atoms with Gasteiger partial charge < -0.3 is 14.9 Å². The summed E-state index contributed by atoms with van der Waals surface area (Å²) in [5.41, 5.74) is 2.66. The Morgan fingerprint density at radius 3 is 2.33 bits per heavy atom. The molecule has 0 aliphatic carbocycles. The highest BCUT2D eigenvalue weighted by Gasteiger charge is 2.50. The van der Waals surface area contributed by atoms with Crippen molar-refractivity contribution < 1.29 is 9.47 Å². The fraction of sp³-hybridized carbons (Fsp3) is 0.583. The lowest BCUT2D eigenvalue weighted by atomic mass is 9.90. The van der Waals surface area contributed by atoms with E-state index in [9.17, 15) is 0 Å². The Hall–Kier alpha value is -0.440. The second-order valence-electron chi connectivity index (χ2n) is 5.32. The molecule has 0 spiro atoms. The molecule has 1 aromatic heterocycles. The first-order chi connectivity index (χ1) is 8.27. The van der Waals surface area contributed by atoms with E-state index in [1.807, 2.05) is 33.8 Å². The fourth-order valence-corrected chi connectivity index (χ4v) is 2.20. The van der Waals surface area contributed by atoms with Crippen LogP contribution >= 0.6 is 22.6 Å². The molecule has 6 heteroatoms. The van der Waals surface area contributed by atoms with E-state index in [0.29, 0.717) is 5.82 Å². The Kier molecular flexibility index (Phi) is 3.56. The summed E-state index contributed by atoms with van der Waals surface area (Å²) in [5, 5.41) is 0. The summed E-state index contributed by atoms with van der Waals surface area (Å²) in [5.74, 6) is 6.06. The van der Waals surface area contributed by atoms with Crippen molar-refractivity contribution in [3.8, 4) is 0 Å². The maximum atomic E-state index is 5.99. The number of nitrogen functional groups attached to an aromatic ring is 1. The first kappa shape index (κ1) is 14.0. The Balaban J connectivity index is 2.37. The van der Waals surface area contributed by atoms with Crippen LogP contribution in [0.25, 0.3) is 0 Å². The number of anilines is 1. The molecule has 0 aromatic carbocycles. The number of hydrogen-bond donors (Lipinski definition) is 2. The molecule has 1 aliphatic rings. The molecule has 0 amide bonds. The Morgan fingerprint density at radius 2 is 1.83 bits per heavy atom. The van der Waals surface area contributed by atoms with Gasteiger partial charge in [-0.25, -0.2) is 10.8 Å². The van der Waals surface area contributed by atoms with Gasteiger partial charge in [0.2, 0.25) is 0 Å². The van der Waals surface area contributed by atoms with E-state index in [-0.39, 0.29) is 11.2 Å². The molecule has 0 saturated carbocycles. The number of rotatable bonds is 2. The van der Waals surface area contributed by atoms with Crippen molar-refractivity contribution in [1.82, 2.24) is 4.98 Å². The van der Waals surface area contributed by atoms with Crippen LogP contribution in [0, 0.1) is 3.57 Å². The summed E-state index contributed by atoms with van der Waals surface area (Å²) in [6, 6.07) is 1.96. The lowest BCUT2D eigenvalue weighted by Crippen LogP contribution is -2.41. The summed E-state index contributed by atoms with van der Waals surface area (Å²) in [4.78, 5) is 4.23. The average molecular weight is 363 g/mol. The molecule has 18 heavy (non-hydrogen) atoms. The van der Waals surface area contributed by atoms with Crippen molar-refractivity contribution in [3.05, 3.63) is 21.4 Å². The number of aromatic nitrogens is 1. The van der Waals surface area contributed by atoms with Crippen molar-refractivity contribution in [3.63, 3.8) is 0 Å². The minimum absolute atomic E-state index is 0.370. The summed E-state index contributed by atoms with van der Waals surface area (Å²) in [6.45, 7) is 8.07. The summed E-state index contributed by atoms with van der Waals surface area (Å²) in [7, 11) is 0. The minimum Gasteiger partial charge on any atom is -0.339 e. The molecule has 0 radical (unpaired) electrons. The maximum Gasteiger partial charge on any atom is 0.188 e. The first-order valence-electron chi connectivity index (χ1n) is 5.74. The van der Waals surface area contributed by atoms with E-state index in [4.69, 9.17) is 15.3 Å². The van der Waals surface area contributed by atoms with Crippen molar-refractivity contribution in [2.75, 3.05) is 5.43 Å². The standard InChI is InChI=1S/C12H18IN3O2/c1-11(2)12(3,4)18-10(17-11)8-5-7(13)6-15-9(8)16-14/h5-6,10H,14H2,1-4H3,(H,15,16). The van der Waals surface area contributed by atoms with Crippen molar-refractivity contribution >= 4 is 28.4 Å². The molecule has 1 fully saturated rings. The number of halogens is 1. The van der Waals surface area contributed by atoms with Crippen LogP contribution in [0.5, 0.6) is 0 Å². The SMILES string of the molecule is CC1(C)OC(c2cc(I)cnc2NN)OC1(C)C. The van der Waals surface area contributed by atoms with Crippen LogP contribution in [0.3, 0.4) is 0 Å². The van der Waals surface area contributed by atoms with Gasteiger partial charge in [0.1, 0.15) is 5.82 Å². The highest BCUT2D eigenvalue weighted by atomic mass is 127. The van der Waals surface area contributed by atoms with Crippen LogP contribution in [0.15, 0.2) is 12.3 Å². The molecule has 1 aromatic rings. The molecule has 0 bridgehead atoms. The second-order valence-corrected chi connectivity index (χ2v) is 6.57. The summed E-state index contributed by atoms with van der Waals surface area (Å²) in [6.07, 6.45) is 1.29. The molecule has 1 saturated heterocycles. The number of nitrogens with zero attached hydrogens (tertiary/aromatic N) is 1. The number of hydrogen-bond acceptors (Lipinski definition) is 5. The van der Waals surface area contributed by atoms with Gasteiger partial charge in [0.25, 0.3) is 0 Å². The zero-order valence-electron chi connectivity index (χ0n) is 11.0. The predicted octanol–water partition coefficient (Wildman–Crippen LogP) is 2.57. The monoisotopic (exact) mass is 363 g/mol. The number of nitrogens with two attached hydrogens (primary N) is 1. The smallest absolute Gasteiger partial charge is 0.188 e. The normalized spacial score (nSPS) is 22.1. The molecule has 0 atom stereocenters. The van der Waals surface area contributed by atoms with E-state index in [1.54, 1.807) is 6.20 Å². The van der Waals surface area contributed by atoms with Gasteiger partial charge >= 0.3 is 0 Å². The lowest BCUT2D eigenvalue weighted by Gasteiger charge is -2.30. The third-order valence-electron chi connectivity index (χ3n) is 3.53. The molecule has 2 rings (SSSR count). The molecule has 100 valence electrons. The van der Waals surface area contributed by atoms with E-state index >= 15 is 0 Å². The molecule has 1 aliphatic heterocycles. The minimum atomic E-state index is -0.455. The Morgan fingerprint density at radius 1 is 1.28 bits per heavy atom. The molecule has 5 nitrogen and oxygen atoms in total. The van der Waals surface area contributed by atoms with Crippen LogP contribution < -0.4 is 11.3 Å². The van der Waals surface area contributed by atoms with E-state index in [0.717, 1.165) is 9.13 Å². The highest BCUT2D eigenvalue weighted by Crippen LogP contribution is 2.45. The quantitative estimate of drug-likeness (QED) is 0.480. The topological polar surface area (TPSA) is 69.4 Å². The van der Waals surface area contributed by atoms with Gasteiger partial charge in [0.15, 0.2) is 6.29 Å². The lowest BCUT2D eigenvalue weighted by molar-refractivity contribution is -0.0892. The molecule has 0 unspecified atom stereocenters. The summed E-state index contributed by atoms with van der Waals surface area (Å²) >= 11 is 2.20.